The van der Waals surface area contributed by atoms with Crippen molar-refractivity contribution >= 4 is 20.0 Å². The molecule has 2 aromatic rings. The summed E-state index contributed by atoms with van der Waals surface area (Å²) in [6.45, 7) is -0.827. The second-order valence-electron chi connectivity index (χ2n) is 6.06. The Hall–Kier alpha value is -2.02. The Bertz CT molecular complexity index is 997. The van der Waals surface area contributed by atoms with Crippen LogP contribution in [0.2, 0.25) is 0 Å². The van der Waals surface area contributed by atoms with E-state index in [4.69, 9.17) is 14.9 Å². The normalized spacial score (nSPS) is 13.5. The van der Waals surface area contributed by atoms with Gasteiger partial charge in [-0.2, -0.15) is 0 Å². The first-order chi connectivity index (χ1) is 13.3. The average molecular weight is 428 g/mol. The van der Waals surface area contributed by atoms with E-state index in [1.807, 2.05) is 0 Å². The van der Waals surface area contributed by atoms with Crippen LogP contribution in [-0.2, 0) is 26.5 Å². The molecule has 1 aliphatic heterocycles. The van der Waals surface area contributed by atoms with Gasteiger partial charge in [0.15, 0.2) is 0 Å². The smallest absolute Gasteiger partial charge is 0.240 e. The lowest BCUT2D eigenvalue weighted by molar-refractivity contribution is 0.300. The van der Waals surface area contributed by atoms with Crippen molar-refractivity contribution in [2.45, 2.75) is 16.2 Å². The Labute approximate surface area is 163 Å². The van der Waals surface area contributed by atoms with E-state index in [0.29, 0.717) is 22.6 Å². The standard InChI is InChI=1S/C17H20N2O7S2/c20-7-5-18-27(22,23)14-1-3-16-12(10-14)9-13-11-15(2-4-17(13)26-16)28(24,25)19-6-8-21/h1-4,10-11,18-21H,5-9H2. The maximum atomic E-state index is 12.2. The van der Waals surface area contributed by atoms with Gasteiger partial charge in [0.1, 0.15) is 11.5 Å². The maximum absolute atomic E-state index is 12.2. The van der Waals surface area contributed by atoms with Crippen molar-refractivity contribution in [3.63, 3.8) is 0 Å². The topological polar surface area (TPSA) is 142 Å². The number of rotatable bonds is 8. The van der Waals surface area contributed by atoms with Crippen molar-refractivity contribution in [3.8, 4) is 11.5 Å². The third kappa shape index (κ3) is 4.35. The molecule has 152 valence electrons. The minimum Gasteiger partial charge on any atom is -0.457 e. The molecule has 2 aromatic carbocycles. The van der Waals surface area contributed by atoms with Gasteiger partial charge in [-0.15, -0.1) is 0 Å². The van der Waals surface area contributed by atoms with Crippen LogP contribution in [0.4, 0.5) is 0 Å². The van der Waals surface area contributed by atoms with Crippen molar-refractivity contribution in [1.82, 2.24) is 9.44 Å². The minimum atomic E-state index is -3.77. The van der Waals surface area contributed by atoms with Crippen molar-refractivity contribution < 1.29 is 31.8 Å². The second kappa shape index (κ2) is 8.15. The first kappa shape index (κ1) is 20.7. The molecule has 0 atom stereocenters. The van der Waals surface area contributed by atoms with Crippen molar-refractivity contribution in [2.24, 2.45) is 0 Å². The lowest BCUT2D eigenvalue weighted by atomic mass is 10.0. The molecule has 9 nitrogen and oxygen atoms in total. The molecule has 0 spiro atoms. The fourth-order valence-electron chi connectivity index (χ4n) is 2.77. The molecule has 0 saturated carbocycles. The number of aliphatic hydroxyl groups is 2. The third-order valence-electron chi connectivity index (χ3n) is 4.09. The molecule has 0 unspecified atom stereocenters. The molecule has 1 heterocycles. The molecule has 0 aliphatic carbocycles. The van der Waals surface area contributed by atoms with Gasteiger partial charge in [-0.3, -0.25) is 0 Å². The van der Waals surface area contributed by atoms with E-state index in [2.05, 4.69) is 9.44 Å². The Morgan fingerprint density at radius 2 is 1.21 bits per heavy atom. The van der Waals surface area contributed by atoms with Gasteiger partial charge in [-0.1, -0.05) is 0 Å². The zero-order valence-corrected chi connectivity index (χ0v) is 16.4. The number of ether oxygens (including phenoxy) is 1. The first-order valence-electron chi connectivity index (χ1n) is 8.41. The molecule has 11 heteroatoms. The van der Waals surface area contributed by atoms with Gasteiger partial charge in [0.25, 0.3) is 0 Å². The number of hydrogen-bond acceptors (Lipinski definition) is 7. The SMILES string of the molecule is O=S(=O)(NCCO)c1ccc2c(c1)Cc1cc(S(=O)(=O)NCCO)ccc1O2. The molecule has 0 amide bonds. The summed E-state index contributed by atoms with van der Waals surface area (Å²) in [5.74, 6) is 0.977. The fourth-order valence-corrected chi connectivity index (χ4v) is 4.91. The largest absolute Gasteiger partial charge is 0.457 e. The van der Waals surface area contributed by atoms with Crippen LogP contribution in [0.25, 0.3) is 0 Å². The molecule has 4 N–H and O–H groups in total. The van der Waals surface area contributed by atoms with Crippen molar-refractivity contribution in [2.75, 3.05) is 26.3 Å². The molecule has 0 bridgehead atoms. The highest BCUT2D eigenvalue weighted by Crippen LogP contribution is 2.38. The van der Waals surface area contributed by atoms with Crippen LogP contribution in [0.1, 0.15) is 11.1 Å². The van der Waals surface area contributed by atoms with E-state index in [0.717, 1.165) is 0 Å². The number of nitrogens with one attached hydrogen (secondary N) is 2. The van der Waals surface area contributed by atoms with Crippen LogP contribution in [0.15, 0.2) is 46.2 Å². The van der Waals surface area contributed by atoms with Crippen molar-refractivity contribution in [1.29, 1.82) is 0 Å². The summed E-state index contributed by atoms with van der Waals surface area (Å²) in [7, 11) is -7.54. The summed E-state index contributed by atoms with van der Waals surface area (Å²) in [5, 5.41) is 17.6. The van der Waals surface area contributed by atoms with Crippen LogP contribution in [0, 0.1) is 0 Å². The van der Waals surface area contributed by atoms with Crippen LogP contribution in [-0.4, -0.2) is 53.4 Å². The summed E-state index contributed by atoms with van der Waals surface area (Å²) < 4.78 is 59.3. The van der Waals surface area contributed by atoms with Crippen LogP contribution in [0.5, 0.6) is 11.5 Å². The quantitative estimate of drug-likeness (QED) is 0.393. The Kier molecular flexibility index (Phi) is 6.03. The van der Waals surface area contributed by atoms with Gasteiger partial charge in [0.05, 0.1) is 23.0 Å². The summed E-state index contributed by atoms with van der Waals surface area (Å²) in [6.07, 6.45) is 0.289. The van der Waals surface area contributed by atoms with E-state index in [1.54, 1.807) is 12.1 Å². The Morgan fingerprint density at radius 1 is 0.786 bits per heavy atom. The molecule has 0 fully saturated rings. The monoisotopic (exact) mass is 428 g/mol. The predicted molar refractivity (Wildman–Crippen MR) is 100 cm³/mol. The third-order valence-corrected chi connectivity index (χ3v) is 7.01. The molecular formula is C17H20N2O7S2. The highest BCUT2D eigenvalue weighted by Gasteiger charge is 2.23. The summed E-state index contributed by atoms with van der Waals surface area (Å²) in [4.78, 5) is 0.0558. The molecule has 0 radical (unpaired) electrons. The molecule has 28 heavy (non-hydrogen) atoms. The van der Waals surface area contributed by atoms with E-state index in [1.165, 1.54) is 24.3 Å². The Morgan fingerprint density at radius 3 is 1.61 bits per heavy atom. The zero-order chi connectivity index (χ0) is 20.4. The fraction of sp³-hybridized carbons (Fsp3) is 0.294. The van der Waals surface area contributed by atoms with Crippen LogP contribution < -0.4 is 14.2 Å². The van der Waals surface area contributed by atoms with Gasteiger partial charge < -0.3 is 14.9 Å². The van der Waals surface area contributed by atoms with E-state index >= 15 is 0 Å². The summed E-state index contributed by atoms with van der Waals surface area (Å²) in [5.41, 5.74) is 1.19. The summed E-state index contributed by atoms with van der Waals surface area (Å²) >= 11 is 0. The van der Waals surface area contributed by atoms with Gasteiger partial charge in [-0.25, -0.2) is 26.3 Å². The van der Waals surface area contributed by atoms with Gasteiger partial charge in [-0.05, 0) is 36.4 Å². The second-order valence-corrected chi connectivity index (χ2v) is 9.59. The predicted octanol–water partition coefficient (Wildman–Crippen LogP) is -0.0757. The average Bonchev–Trinajstić information content (AvgIpc) is 2.68. The maximum Gasteiger partial charge on any atom is 0.240 e. The van der Waals surface area contributed by atoms with E-state index < -0.39 is 20.0 Å². The molecule has 1 aliphatic rings. The number of fused-ring (bicyclic) bond motifs is 2. The minimum absolute atomic E-state index is 0.0279. The highest BCUT2D eigenvalue weighted by molar-refractivity contribution is 7.89. The number of hydrogen-bond donors (Lipinski definition) is 4. The molecule has 3 rings (SSSR count). The lowest BCUT2D eigenvalue weighted by Gasteiger charge is -2.21. The Balaban J connectivity index is 1.91. The molecule has 0 aromatic heterocycles. The first-order valence-corrected chi connectivity index (χ1v) is 11.4. The molecule has 0 saturated heterocycles. The number of sulfonamides is 2. The van der Waals surface area contributed by atoms with Crippen molar-refractivity contribution in [3.05, 3.63) is 47.5 Å². The summed E-state index contributed by atoms with van der Waals surface area (Å²) in [6, 6.07) is 8.81. The van der Waals surface area contributed by atoms with Crippen LogP contribution in [0.3, 0.4) is 0 Å². The number of benzene rings is 2. The number of aliphatic hydroxyl groups excluding tert-OH is 2. The van der Waals surface area contributed by atoms with E-state index in [-0.39, 0.29) is 42.5 Å². The lowest BCUT2D eigenvalue weighted by Crippen LogP contribution is -2.27. The van der Waals surface area contributed by atoms with Gasteiger partial charge in [0.2, 0.25) is 20.0 Å². The van der Waals surface area contributed by atoms with Gasteiger partial charge in [0, 0.05) is 30.6 Å². The zero-order valence-electron chi connectivity index (χ0n) is 14.8. The van der Waals surface area contributed by atoms with Gasteiger partial charge >= 0.3 is 0 Å². The molecular weight excluding hydrogens is 408 g/mol. The van der Waals surface area contributed by atoms with Crippen LogP contribution >= 0.6 is 0 Å². The van der Waals surface area contributed by atoms with E-state index in [9.17, 15) is 16.8 Å². The highest BCUT2D eigenvalue weighted by atomic mass is 32.2.